The van der Waals surface area contributed by atoms with Crippen LogP contribution in [0.2, 0.25) is 10.0 Å². The fraction of sp³-hybridized carbons (Fsp3) is 0.143. The monoisotopic (exact) mass is 281 g/mol. The van der Waals surface area contributed by atoms with Crippen LogP contribution in [0.15, 0.2) is 42.5 Å². The normalized spacial score (nSPS) is 10.3. The van der Waals surface area contributed by atoms with Crippen LogP contribution < -0.4 is 10.5 Å². The molecule has 4 heteroatoms. The zero-order chi connectivity index (χ0) is 13.0. The van der Waals surface area contributed by atoms with Crippen LogP contribution in [0.3, 0.4) is 0 Å². The molecule has 0 unspecified atom stereocenters. The number of benzene rings is 2. The Morgan fingerprint density at radius 2 is 1.61 bits per heavy atom. The van der Waals surface area contributed by atoms with Crippen molar-refractivity contribution in [3.05, 3.63) is 58.1 Å². The molecule has 0 radical (unpaired) electrons. The highest BCUT2D eigenvalue weighted by atomic mass is 35.5. The number of para-hydroxylation sites is 2. The number of halogens is 2. The highest BCUT2D eigenvalue weighted by Gasteiger charge is 2.06. The number of hydrogen-bond acceptors (Lipinski definition) is 2. The molecule has 94 valence electrons. The van der Waals surface area contributed by atoms with Gasteiger partial charge >= 0.3 is 0 Å². The van der Waals surface area contributed by atoms with Gasteiger partial charge in [-0.2, -0.15) is 0 Å². The lowest BCUT2D eigenvalue weighted by atomic mass is 10.1. The largest absolute Gasteiger partial charge is 0.490 e. The molecule has 18 heavy (non-hydrogen) atoms. The number of anilines is 1. The van der Waals surface area contributed by atoms with Gasteiger partial charge in [0.25, 0.3) is 0 Å². The van der Waals surface area contributed by atoms with Crippen molar-refractivity contribution in [2.24, 2.45) is 0 Å². The van der Waals surface area contributed by atoms with E-state index in [1.54, 1.807) is 18.2 Å². The Balaban J connectivity index is 1.99. The predicted octanol–water partition coefficient (Wildman–Crippen LogP) is 4.20. The van der Waals surface area contributed by atoms with Gasteiger partial charge in [0.2, 0.25) is 0 Å². The van der Waals surface area contributed by atoms with Crippen LogP contribution in [0.25, 0.3) is 0 Å². The molecule has 2 aromatic rings. The second kappa shape index (κ2) is 5.98. The fourth-order valence-corrected chi connectivity index (χ4v) is 2.15. The first kappa shape index (κ1) is 13.1. The number of hydrogen-bond donors (Lipinski definition) is 1. The van der Waals surface area contributed by atoms with Crippen LogP contribution >= 0.6 is 23.2 Å². The van der Waals surface area contributed by atoms with Gasteiger partial charge in [-0.15, -0.1) is 0 Å². The first-order valence-corrected chi connectivity index (χ1v) is 6.34. The zero-order valence-corrected chi connectivity index (χ0v) is 11.2. The van der Waals surface area contributed by atoms with E-state index >= 15 is 0 Å². The molecule has 2 rings (SSSR count). The zero-order valence-electron chi connectivity index (χ0n) is 9.70. The summed E-state index contributed by atoms with van der Waals surface area (Å²) in [5.41, 5.74) is 7.68. The van der Waals surface area contributed by atoms with E-state index in [-0.39, 0.29) is 0 Å². The van der Waals surface area contributed by atoms with Crippen LogP contribution in [-0.4, -0.2) is 6.61 Å². The number of ether oxygens (including phenoxy) is 1. The Hall–Kier alpha value is -1.38. The van der Waals surface area contributed by atoms with Crippen LogP contribution in [0.5, 0.6) is 5.75 Å². The van der Waals surface area contributed by atoms with Gasteiger partial charge in [-0.05, 0) is 23.8 Å². The molecule has 0 atom stereocenters. The van der Waals surface area contributed by atoms with Gasteiger partial charge in [-0.1, -0.05) is 47.5 Å². The highest BCUT2D eigenvalue weighted by molar-refractivity contribution is 6.37. The maximum Gasteiger partial charge on any atom is 0.156 e. The third-order valence-electron chi connectivity index (χ3n) is 2.59. The summed E-state index contributed by atoms with van der Waals surface area (Å²) in [4.78, 5) is 0. The molecule has 2 nitrogen and oxygen atoms in total. The van der Waals surface area contributed by atoms with Crippen LogP contribution in [-0.2, 0) is 6.42 Å². The van der Waals surface area contributed by atoms with Gasteiger partial charge in [-0.25, -0.2) is 0 Å². The Kier molecular flexibility index (Phi) is 4.34. The van der Waals surface area contributed by atoms with Crippen molar-refractivity contribution in [1.29, 1.82) is 0 Å². The molecule has 0 heterocycles. The second-order valence-corrected chi connectivity index (χ2v) is 4.66. The van der Waals surface area contributed by atoms with Gasteiger partial charge in [0, 0.05) is 12.1 Å². The van der Waals surface area contributed by atoms with Gasteiger partial charge in [0.15, 0.2) is 5.75 Å². The minimum atomic E-state index is 0.484. The van der Waals surface area contributed by atoms with Gasteiger partial charge in [0.1, 0.15) is 0 Å². The van der Waals surface area contributed by atoms with E-state index in [1.165, 1.54) is 0 Å². The van der Waals surface area contributed by atoms with Gasteiger partial charge in [0.05, 0.1) is 16.7 Å². The smallest absolute Gasteiger partial charge is 0.156 e. The lowest BCUT2D eigenvalue weighted by molar-refractivity contribution is 0.322. The number of nitrogens with two attached hydrogens (primary N) is 1. The van der Waals surface area contributed by atoms with E-state index in [9.17, 15) is 0 Å². The lowest BCUT2D eigenvalue weighted by Crippen LogP contribution is -2.04. The third-order valence-corrected chi connectivity index (χ3v) is 3.19. The molecule has 0 saturated heterocycles. The molecular weight excluding hydrogens is 269 g/mol. The standard InChI is InChI=1S/C14H13Cl2NO/c15-11-5-3-6-12(16)14(11)18-9-8-10-4-1-2-7-13(10)17/h1-7H,8-9,17H2. The van der Waals surface area contributed by atoms with Crippen LogP contribution in [0, 0.1) is 0 Å². The molecule has 2 aromatic carbocycles. The number of rotatable bonds is 4. The van der Waals surface area contributed by atoms with E-state index in [2.05, 4.69) is 0 Å². The van der Waals surface area contributed by atoms with Gasteiger partial charge in [-0.3, -0.25) is 0 Å². The van der Waals surface area contributed by atoms with Crippen molar-refractivity contribution in [1.82, 2.24) is 0 Å². The van der Waals surface area contributed by atoms with Crippen molar-refractivity contribution in [3.63, 3.8) is 0 Å². The van der Waals surface area contributed by atoms with Crippen molar-refractivity contribution < 1.29 is 4.74 Å². The molecule has 0 bridgehead atoms. The van der Waals surface area contributed by atoms with Gasteiger partial charge < -0.3 is 10.5 Å². The molecule has 0 aliphatic heterocycles. The topological polar surface area (TPSA) is 35.2 Å². The molecule has 0 fully saturated rings. The summed E-state index contributed by atoms with van der Waals surface area (Å²) in [5.74, 6) is 0.523. The van der Waals surface area contributed by atoms with E-state index in [0.717, 1.165) is 11.3 Å². The molecule has 0 saturated carbocycles. The lowest BCUT2D eigenvalue weighted by Gasteiger charge is -2.10. The van der Waals surface area contributed by atoms with Crippen LogP contribution in [0.4, 0.5) is 5.69 Å². The first-order chi connectivity index (χ1) is 8.68. The SMILES string of the molecule is Nc1ccccc1CCOc1c(Cl)cccc1Cl. The first-order valence-electron chi connectivity index (χ1n) is 5.58. The minimum absolute atomic E-state index is 0.484. The maximum atomic E-state index is 6.01. The van der Waals surface area contributed by atoms with Crippen LogP contribution in [0.1, 0.15) is 5.56 Å². The van der Waals surface area contributed by atoms with E-state index < -0.39 is 0 Å². The van der Waals surface area contributed by atoms with Crippen molar-refractivity contribution in [2.45, 2.75) is 6.42 Å². The molecular formula is C14H13Cl2NO. The molecule has 0 aliphatic carbocycles. The van der Waals surface area contributed by atoms with Crippen molar-refractivity contribution in [3.8, 4) is 5.75 Å². The quantitative estimate of drug-likeness (QED) is 0.853. The van der Waals surface area contributed by atoms with E-state index in [4.69, 9.17) is 33.7 Å². The molecule has 0 spiro atoms. The molecule has 0 aliphatic rings. The summed E-state index contributed by atoms with van der Waals surface area (Å²) in [6.45, 7) is 0.484. The Bertz CT molecular complexity index is 523. The Morgan fingerprint density at radius 1 is 0.944 bits per heavy atom. The summed E-state index contributed by atoms with van der Waals surface area (Å²) in [5, 5.41) is 1.03. The minimum Gasteiger partial charge on any atom is -0.490 e. The average Bonchev–Trinajstić information content (AvgIpc) is 2.35. The van der Waals surface area contributed by atoms with Crippen molar-refractivity contribution in [2.75, 3.05) is 12.3 Å². The molecule has 2 N–H and O–H groups in total. The van der Waals surface area contributed by atoms with E-state index in [1.807, 2.05) is 24.3 Å². The second-order valence-electron chi connectivity index (χ2n) is 3.85. The predicted molar refractivity (Wildman–Crippen MR) is 76.5 cm³/mol. The maximum absolute atomic E-state index is 6.01. The molecule has 0 aromatic heterocycles. The fourth-order valence-electron chi connectivity index (χ4n) is 1.65. The summed E-state index contributed by atoms with van der Waals surface area (Å²) < 4.78 is 5.61. The highest BCUT2D eigenvalue weighted by Crippen LogP contribution is 2.32. The van der Waals surface area contributed by atoms with Crippen molar-refractivity contribution >= 4 is 28.9 Å². The summed E-state index contributed by atoms with van der Waals surface area (Å²) in [6, 6.07) is 13.0. The molecule has 0 amide bonds. The average molecular weight is 282 g/mol. The summed E-state index contributed by atoms with van der Waals surface area (Å²) in [7, 11) is 0. The Morgan fingerprint density at radius 3 is 2.28 bits per heavy atom. The summed E-state index contributed by atoms with van der Waals surface area (Å²) >= 11 is 12.0. The number of nitrogen functional groups attached to an aromatic ring is 1. The Labute approximate surface area is 116 Å². The summed E-state index contributed by atoms with van der Waals surface area (Å²) in [6.07, 6.45) is 0.716. The van der Waals surface area contributed by atoms with E-state index in [0.29, 0.717) is 28.8 Å². The third kappa shape index (κ3) is 3.09.